The van der Waals surface area contributed by atoms with Gasteiger partial charge in [-0.15, -0.1) is 0 Å². The quantitative estimate of drug-likeness (QED) is 0.915. The van der Waals surface area contributed by atoms with Gasteiger partial charge in [-0.2, -0.15) is 0 Å². The summed E-state index contributed by atoms with van der Waals surface area (Å²) in [5, 5.41) is 0. The number of nitrogens with zero attached hydrogens (tertiary/aromatic N) is 1. The van der Waals surface area contributed by atoms with Crippen molar-refractivity contribution in [1.82, 2.24) is 4.90 Å². The summed E-state index contributed by atoms with van der Waals surface area (Å²) in [6.07, 6.45) is 1.07. The second-order valence-electron chi connectivity index (χ2n) is 5.46. The highest BCUT2D eigenvalue weighted by atomic mass is 32.2. The van der Waals surface area contributed by atoms with E-state index in [2.05, 4.69) is 4.72 Å². The van der Waals surface area contributed by atoms with Crippen LogP contribution in [-0.2, 0) is 10.0 Å². The Morgan fingerprint density at radius 3 is 2.35 bits per heavy atom. The van der Waals surface area contributed by atoms with E-state index in [4.69, 9.17) is 0 Å². The summed E-state index contributed by atoms with van der Waals surface area (Å²) in [5.41, 5.74) is 1.84. The van der Waals surface area contributed by atoms with Crippen LogP contribution in [0.1, 0.15) is 28.9 Å². The Hall–Kier alpha value is -2.34. The molecule has 0 fully saturated rings. The van der Waals surface area contributed by atoms with Gasteiger partial charge in [0, 0.05) is 18.3 Å². The molecule has 23 heavy (non-hydrogen) atoms. The van der Waals surface area contributed by atoms with E-state index in [1.165, 1.54) is 6.07 Å². The standard InChI is InChI=1S/C17H20N2O3S/c1-13(14-8-5-4-6-9-14)19(2)17(20)15-10-7-11-16(12-15)18-23(3,21)22/h4-13,18H,1-3H3/t13-/m1/s1. The second kappa shape index (κ2) is 6.83. The van der Waals surface area contributed by atoms with Gasteiger partial charge in [-0.1, -0.05) is 36.4 Å². The number of hydrogen-bond acceptors (Lipinski definition) is 3. The molecule has 0 unspecified atom stereocenters. The number of rotatable bonds is 5. The maximum Gasteiger partial charge on any atom is 0.254 e. The number of hydrogen-bond donors (Lipinski definition) is 1. The van der Waals surface area contributed by atoms with E-state index < -0.39 is 10.0 Å². The van der Waals surface area contributed by atoms with Crippen molar-refractivity contribution in [3.8, 4) is 0 Å². The van der Waals surface area contributed by atoms with Gasteiger partial charge in [0.1, 0.15) is 0 Å². The smallest absolute Gasteiger partial charge is 0.254 e. The van der Waals surface area contributed by atoms with E-state index in [0.29, 0.717) is 11.3 Å². The van der Waals surface area contributed by atoms with Crippen LogP contribution in [0, 0.1) is 0 Å². The van der Waals surface area contributed by atoms with Gasteiger partial charge < -0.3 is 4.90 Å². The Morgan fingerprint density at radius 1 is 1.09 bits per heavy atom. The fraction of sp³-hybridized carbons (Fsp3) is 0.235. The first kappa shape index (κ1) is 17.0. The molecule has 0 bridgehead atoms. The molecule has 0 saturated heterocycles. The molecule has 1 amide bonds. The third-order valence-electron chi connectivity index (χ3n) is 3.60. The highest BCUT2D eigenvalue weighted by Gasteiger charge is 2.19. The molecule has 122 valence electrons. The van der Waals surface area contributed by atoms with Crippen LogP contribution in [0.3, 0.4) is 0 Å². The van der Waals surface area contributed by atoms with Crippen molar-refractivity contribution < 1.29 is 13.2 Å². The number of sulfonamides is 1. The van der Waals surface area contributed by atoms with Crippen molar-refractivity contribution in [2.75, 3.05) is 18.0 Å². The summed E-state index contributed by atoms with van der Waals surface area (Å²) in [6.45, 7) is 1.95. The van der Waals surface area contributed by atoms with E-state index in [1.54, 1.807) is 30.1 Å². The van der Waals surface area contributed by atoms with Crippen LogP contribution < -0.4 is 4.72 Å². The fourth-order valence-electron chi connectivity index (χ4n) is 2.26. The molecule has 2 aromatic rings. The highest BCUT2D eigenvalue weighted by molar-refractivity contribution is 7.92. The molecular weight excluding hydrogens is 312 g/mol. The van der Waals surface area contributed by atoms with Crippen molar-refractivity contribution in [3.05, 3.63) is 65.7 Å². The Labute approximate surface area is 137 Å². The molecule has 2 aromatic carbocycles. The number of anilines is 1. The van der Waals surface area contributed by atoms with Gasteiger partial charge in [0.05, 0.1) is 12.3 Å². The van der Waals surface area contributed by atoms with E-state index in [0.717, 1.165) is 11.8 Å². The lowest BCUT2D eigenvalue weighted by molar-refractivity contribution is 0.0742. The average Bonchev–Trinajstić information content (AvgIpc) is 2.52. The number of nitrogens with one attached hydrogen (secondary N) is 1. The number of carbonyl (C=O) groups is 1. The average molecular weight is 332 g/mol. The molecule has 0 heterocycles. The van der Waals surface area contributed by atoms with E-state index in [-0.39, 0.29) is 11.9 Å². The monoisotopic (exact) mass is 332 g/mol. The molecule has 0 radical (unpaired) electrons. The summed E-state index contributed by atoms with van der Waals surface area (Å²) in [7, 11) is -1.64. The number of amides is 1. The van der Waals surface area contributed by atoms with Gasteiger partial charge in [0.2, 0.25) is 10.0 Å². The molecule has 1 N–H and O–H groups in total. The summed E-state index contributed by atoms with van der Waals surface area (Å²) in [5.74, 6) is -0.168. The SMILES string of the molecule is C[C@H](c1ccccc1)N(C)C(=O)c1cccc(NS(C)(=O)=O)c1. The first-order valence-electron chi connectivity index (χ1n) is 7.18. The van der Waals surface area contributed by atoms with Crippen molar-refractivity contribution in [2.45, 2.75) is 13.0 Å². The molecule has 0 aliphatic rings. The molecule has 0 aromatic heterocycles. The molecular formula is C17H20N2O3S. The summed E-state index contributed by atoms with van der Waals surface area (Å²) in [4.78, 5) is 14.3. The summed E-state index contributed by atoms with van der Waals surface area (Å²) >= 11 is 0. The predicted molar refractivity (Wildman–Crippen MR) is 91.9 cm³/mol. The van der Waals surface area contributed by atoms with Gasteiger partial charge in [0.15, 0.2) is 0 Å². The Balaban J connectivity index is 2.21. The Kier molecular flexibility index (Phi) is 5.05. The largest absolute Gasteiger partial charge is 0.335 e. The maximum absolute atomic E-state index is 12.6. The van der Waals surface area contributed by atoms with Gasteiger partial charge in [-0.05, 0) is 30.7 Å². The van der Waals surface area contributed by atoms with Crippen LogP contribution in [0.15, 0.2) is 54.6 Å². The number of carbonyl (C=O) groups excluding carboxylic acids is 1. The molecule has 0 saturated carbocycles. The van der Waals surface area contributed by atoms with Crippen LogP contribution in [-0.4, -0.2) is 32.5 Å². The zero-order chi connectivity index (χ0) is 17.0. The van der Waals surface area contributed by atoms with Gasteiger partial charge in [0.25, 0.3) is 5.91 Å². The van der Waals surface area contributed by atoms with E-state index >= 15 is 0 Å². The first-order chi connectivity index (χ1) is 10.8. The molecule has 5 nitrogen and oxygen atoms in total. The maximum atomic E-state index is 12.6. The zero-order valence-corrected chi connectivity index (χ0v) is 14.2. The number of benzene rings is 2. The summed E-state index contributed by atoms with van der Waals surface area (Å²) in [6, 6.07) is 16.1. The minimum Gasteiger partial charge on any atom is -0.335 e. The van der Waals surface area contributed by atoms with Crippen molar-refractivity contribution in [2.24, 2.45) is 0 Å². The van der Waals surface area contributed by atoms with Gasteiger partial charge in [-0.3, -0.25) is 9.52 Å². The van der Waals surface area contributed by atoms with Crippen LogP contribution in [0.5, 0.6) is 0 Å². The molecule has 6 heteroatoms. The Morgan fingerprint density at radius 2 is 1.74 bits per heavy atom. The van der Waals surface area contributed by atoms with Crippen molar-refractivity contribution in [1.29, 1.82) is 0 Å². The van der Waals surface area contributed by atoms with Crippen molar-refractivity contribution >= 4 is 21.6 Å². The minimum atomic E-state index is -3.37. The lowest BCUT2D eigenvalue weighted by Gasteiger charge is -2.25. The minimum absolute atomic E-state index is 0.0878. The lowest BCUT2D eigenvalue weighted by Crippen LogP contribution is -2.29. The predicted octanol–water partition coefficient (Wildman–Crippen LogP) is 2.89. The lowest BCUT2D eigenvalue weighted by atomic mass is 10.1. The zero-order valence-electron chi connectivity index (χ0n) is 13.4. The fourth-order valence-corrected chi connectivity index (χ4v) is 2.82. The third-order valence-corrected chi connectivity index (χ3v) is 4.20. The van der Waals surface area contributed by atoms with Crippen LogP contribution >= 0.6 is 0 Å². The molecule has 0 spiro atoms. The van der Waals surface area contributed by atoms with Crippen LogP contribution in [0.4, 0.5) is 5.69 Å². The molecule has 1 atom stereocenters. The topological polar surface area (TPSA) is 66.5 Å². The Bertz CT molecular complexity index is 788. The normalized spacial score (nSPS) is 12.5. The third kappa shape index (κ3) is 4.56. The summed E-state index contributed by atoms with van der Waals surface area (Å²) < 4.78 is 25.0. The molecule has 2 rings (SSSR count). The van der Waals surface area contributed by atoms with Gasteiger partial charge >= 0.3 is 0 Å². The molecule has 0 aliphatic carbocycles. The van der Waals surface area contributed by atoms with Gasteiger partial charge in [-0.25, -0.2) is 8.42 Å². The van der Waals surface area contributed by atoms with Crippen molar-refractivity contribution in [3.63, 3.8) is 0 Å². The van der Waals surface area contributed by atoms with Crippen LogP contribution in [0.25, 0.3) is 0 Å². The second-order valence-corrected chi connectivity index (χ2v) is 7.21. The molecule has 0 aliphatic heterocycles. The van der Waals surface area contributed by atoms with Crippen LogP contribution in [0.2, 0.25) is 0 Å². The highest BCUT2D eigenvalue weighted by Crippen LogP contribution is 2.21. The first-order valence-corrected chi connectivity index (χ1v) is 9.07. The van der Waals surface area contributed by atoms with E-state index in [1.807, 2.05) is 37.3 Å². The van der Waals surface area contributed by atoms with E-state index in [9.17, 15) is 13.2 Å².